The Hall–Kier alpha value is -3.35. The van der Waals surface area contributed by atoms with E-state index in [4.69, 9.17) is 25.4 Å². The van der Waals surface area contributed by atoms with Gasteiger partial charge in [0, 0.05) is 42.0 Å². The van der Waals surface area contributed by atoms with Gasteiger partial charge in [-0.2, -0.15) is 0 Å². The smallest absolute Gasteiger partial charge is 0.198 e. The Balaban J connectivity index is 1.68. The topological polar surface area (TPSA) is 193 Å². The number of carbonyl (C=O) groups excluding carboxylic acids is 2. The minimum atomic E-state index is -1.97. The number of aliphatic hydroxyl groups is 2. The number of Topliss-reactive ketones (excluding diaryl/α,β-unsaturated/α-hetero) is 1. The van der Waals surface area contributed by atoms with Crippen molar-refractivity contribution < 1.29 is 44.2 Å². The normalized spacial score (nSPS) is 30.3. The van der Waals surface area contributed by atoms with Gasteiger partial charge in [0.15, 0.2) is 17.9 Å². The van der Waals surface area contributed by atoms with Crippen LogP contribution in [0.2, 0.25) is 0 Å². The molecule has 1 aliphatic heterocycles. The molecule has 11 heteroatoms. The predicted octanol–water partition coefficient (Wildman–Crippen LogP) is 1.21. The molecule has 202 valence electrons. The number of nitrogens with two attached hydrogens (primary N) is 1. The van der Waals surface area contributed by atoms with Crippen LogP contribution in [-0.4, -0.2) is 75.0 Å². The van der Waals surface area contributed by atoms with Gasteiger partial charge in [-0.15, -0.1) is 0 Å². The maximum atomic E-state index is 13.5. The number of hydrogen-bond acceptors (Lipinski definition) is 11. The molecule has 0 saturated carbocycles. The average Bonchev–Trinajstić information content (AvgIpc) is 2.87. The SMILES string of the molecule is COc1cccc2c1C(=N)c1c(O)c3c(c(O)c1C2=O)C[C@@](O)(C(C)=O)C[C@@H]3O[C@H]1C[C@H](N)[C@H](O)[C@H](C)O1. The molecule has 2 aromatic carbocycles. The van der Waals surface area contributed by atoms with E-state index in [1.807, 2.05) is 0 Å². The minimum absolute atomic E-state index is 0.0316. The lowest BCUT2D eigenvalue weighted by molar-refractivity contribution is -0.247. The molecule has 3 aliphatic rings. The Morgan fingerprint density at radius 2 is 1.92 bits per heavy atom. The Labute approximate surface area is 218 Å². The first-order valence-electron chi connectivity index (χ1n) is 12.3. The number of benzene rings is 2. The molecular weight excluding hydrogens is 496 g/mol. The molecule has 11 nitrogen and oxygen atoms in total. The molecule has 0 unspecified atom stereocenters. The van der Waals surface area contributed by atoms with Gasteiger partial charge in [-0.05, 0) is 19.9 Å². The van der Waals surface area contributed by atoms with Gasteiger partial charge in [-0.3, -0.25) is 15.0 Å². The molecular formula is C27H30N2O9. The van der Waals surface area contributed by atoms with Crippen LogP contribution >= 0.6 is 0 Å². The molecule has 5 rings (SSSR count). The summed E-state index contributed by atoms with van der Waals surface area (Å²) in [7, 11) is 1.40. The first kappa shape index (κ1) is 26.3. The van der Waals surface area contributed by atoms with E-state index in [-0.39, 0.29) is 64.1 Å². The fourth-order valence-corrected chi connectivity index (χ4v) is 5.70. The van der Waals surface area contributed by atoms with Gasteiger partial charge in [0.1, 0.15) is 22.8 Å². The number of aromatic hydroxyl groups is 2. The van der Waals surface area contributed by atoms with Gasteiger partial charge in [0.05, 0.1) is 47.8 Å². The minimum Gasteiger partial charge on any atom is -0.507 e. The highest BCUT2D eigenvalue weighted by molar-refractivity contribution is 6.32. The zero-order valence-corrected chi connectivity index (χ0v) is 21.1. The highest BCUT2D eigenvalue weighted by Gasteiger charge is 2.49. The number of aliphatic hydroxyl groups excluding tert-OH is 1. The number of phenolic OH excluding ortho intramolecular Hbond substituents is 2. The second-order valence-electron chi connectivity index (χ2n) is 10.2. The monoisotopic (exact) mass is 526 g/mol. The maximum Gasteiger partial charge on any atom is 0.198 e. The Kier molecular flexibility index (Phi) is 6.32. The lowest BCUT2D eigenvalue weighted by atomic mass is 9.72. The van der Waals surface area contributed by atoms with E-state index in [0.717, 1.165) is 0 Å². The summed E-state index contributed by atoms with van der Waals surface area (Å²) in [6, 6.07) is 3.98. The summed E-state index contributed by atoms with van der Waals surface area (Å²) in [6.45, 7) is 2.82. The maximum absolute atomic E-state index is 13.5. The molecule has 6 atom stereocenters. The molecule has 1 fully saturated rings. The van der Waals surface area contributed by atoms with Crippen molar-refractivity contribution in [2.45, 2.75) is 69.4 Å². The van der Waals surface area contributed by atoms with Crippen molar-refractivity contribution in [2.75, 3.05) is 7.11 Å². The van der Waals surface area contributed by atoms with Crippen molar-refractivity contribution in [3.05, 3.63) is 51.6 Å². The van der Waals surface area contributed by atoms with Crippen LogP contribution in [0.25, 0.3) is 0 Å². The predicted molar refractivity (Wildman–Crippen MR) is 133 cm³/mol. The lowest BCUT2D eigenvalue weighted by Crippen LogP contribution is -2.52. The molecule has 2 aliphatic carbocycles. The van der Waals surface area contributed by atoms with Crippen molar-refractivity contribution in [2.24, 2.45) is 5.73 Å². The summed E-state index contributed by atoms with van der Waals surface area (Å²) < 4.78 is 17.2. The molecule has 38 heavy (non-hydrogen) atoms. The molecule has 0 radical (unpaired) electrons. The summed E-state index contributed by atoms with van der Waals surface area (Å²) in [4.78, 5) is 26.0. The Morgan fingerprint density at radius 3 is 2.55 bits per heavy atom. The van der Waals surface area contributed by atoms with E-state index in [9.17, 15) is 30.0 Å². The standard InChI is InChI=1S/C27H30N2O9/c1-10-23(31)14(28)7-17(37-10)38-16-9-27(35,11(2)30)8-13-19(16)26(34)20-21(25(13)33)24(32)12-5-4-6-15(36-3)18(12)22(20)29/h4-6,10,14,16-17,23,29,31,33-35H,7-9,28H2,1-3H3/t10-,14-,16-,17-,23+,27-/m0/s1. The van der Waals surface area contributed by atoms with Crippen molar-refractivity contribution in [1.29, 1.82) is 5.41 Å². The van der Waals surface area contributed by atoms with Crippen molar-refractivity contribution in [3.63, 3.8) is 0 Å². The van der Waals surface area contributed by atoms with E-state index in [2.05, 4.69) is 0 Å². The van der Waals surface area contributed by atoms with Crippen LogP contribution < -0.4 is 10.5 Å². The van der Waals surface area contributed by atoms with E-state index < -0.39 is 59.3 Å². The second kappa shape index (κ2) is 9.14. The number of hydrogen-bond donors (Lipinski definition) is 6. The van der Waals surface area contributed by atoms with Crippen LogP contribution in [0.15, 0.2) is 18.2 Å². The Bertz CT molecular complexity index is 1360. The number of phenols is 2. The van der Waals surface area contributed by atoms with Crippen LogP contribution in [0.5, 0.6) is 17.2 Å². The van der Waals surface area contributed by atoms with Gasteiger partial charge < -0.3 is 40.4 Å². The number of ether oxygens (including phenoxy) is 3. The fourth-order valence-electron chi connectivity index (χ4n) is 5.70. The van der Waals surface area contributed by atoms with Gasteiger partial charge in [0.2, 0.25) is 0 Å². The van der Waals surface area contributed by atoms with Crippen LogP contribution in [0.4, 0.5) is 0 Å². The molecule has 0 spiro atoms. The molecule has 0 aromatic heterocycles. The number of carbonyl (C=O) groups is 2. The van der Waals surface area contributed by atoms with Crippen molar-refractivity contribution in [3.8, 4) is 17.2 Å². The number of ketones is 2. The van der Waals surface area contributed by atoms with Gasteiger partial charge in [-0.25, -0.2) is 0 Å². The fraction of sp³-hybridized carbons (Fsp3) is 0.444. The summed E-state index contributed by atoms with van der Waals surface area (Å²) >= 11 is 0. The first-order valence-corrected chi connectivity index (χ1v) is 12.3. The summed E-state index contributed by atoms with van der Waals surface area (Å²) in [5, 5.41) is 53.2. The zero-order chi connectivity index (χ0) is 27.7. The summed E-state index contributed by atoms with van der Waals surface area (Å²) in [5.74, 6) is -2.01. The number of nitrogens with one attached hydrogen (secondary N) is 1. The zero-order valence-electron chi connectivity index (χ0n) is 21.1. The van der Waals surface area contributed by atoms with Crippen LogP contribution in [0.1, 0.15) is 71.0 Å². The molecule has 2 aromatic rings. The summed E-state index contributed by atoms with van der Waals surface area (Å²) in [6.07, 6.45) is -4.30. The number of fused-ring (bicyclic) bond motifs is 3. The van der Waals surface area contributed by atoms with Crippen LogP contribution in [0, 0.1) is 5.41 Å². The van der Waals surface area contributed by atoms with Crippen LogP contribution in [0.3, 0.4) is 0 Å². The largest absolute Gasteiger partial charge is 0.507 e. The van der Waals surface area contributed by atoms with Gasteiger partial charge >= 0.3 is 0 Å². The third kappa shape index (κ3) is 3.81. The highest BCUT2D eigenvalue weighted by atomic mass is 16.7. The third-order valence-electron chi connectivity index (χ3n) is 7.84. The molecule has 1 saturated heterocycles. The molecule has 0 amide bonds. The molecule has 1 heterocycles. The highest BCUT2D eigenvalue weighted by Crippen LogP contribution is 2.52. The number of methoxy groups -OCH3 is 1. The van der Waals surface area contributed by atoms with Crippen LogP contribution in [-0.2, 0) is 20.7 Å². The Morgan fingerprint density at radius 1 is 1.21 bits per heavy atom. The lowest BCUT2D eigenvalue weighted by Gasteiger charge is -2.42. The summed E-state index contributed by atoms with van der Waals surface area (Å²) in [5.41, 5.74) is 3.62. The molecule has 7 N–H and O–H groups in total. The van der Waals surface area contributed by atoms with Gasteiger partial charge in [-0.1, -0.05) is 12.1 Å². The van der Waals surface area contributed by atoms with Crippen molar-refractivity contribution in [1.82, 2.24) is 0 Å². The first-order chi connectivity index (χ1) is 17.9. The van der Waals surface area contributed by atoms with E-state index in [0.29, 0.717) is 0 Å². The van der Waals surface area contributed by atoms with E-state index >= 15 is 0 Å². The van der Waals surface area contributed by atoms with Crippen molar-refractivity contribution >= 4 is 17.3 Å². The quantitative estimate of drug-likeness (QED) is 0.269. The number of rotatable bonds is 4. The molecule has 0 bridgehead atoms. The van der Waals surface area contributed by atoms with Gasteiger partial charge in [0.25, 0.3) is 0 Å². The van der Waals surface area contributed by atoms with E-state index in [1.54, 1.807) is 19.1 Å². The average molecular weight is 527 g/mol. The van der Waals surface area contributed by atoms with E-state index in [1.165, 1.54) is 20.1 Å². The second-order valence-corrected chi connectivity index (χ2v) is 10.2. The third-order valence-corrected chi connectivity index (χ3v) is 7.84.